The molecule has 1 aromatic rings. The molecule has 0 aliphatic carbocycles. The first-order valence-electron chi connectivity index (χ1n) is 9.21. The molecule has 1 N–H and O–H groups in total. The molecule has 4 nitrogen and oxygen atoms in total. The van der Waals surface area contributed by atoms with Gasteiger partial charge in [-0.1, -0.05) is 30.7 Å². The Morgan fingerprint density at radius 2 is 1.81 bits per heavy atom. The lowest BCUT2D eigenvalue weighted by Gasteiger charge is -2.39. The highest BCUT2D eigenvalue weighted by Crippen LogP contribution is 2.41. The maximum atomic E-state index is 12.5. The monoisotopic (exact) mass is 357 g/mol. The quantitative estimate of drug-likeness (QED) is 0.456. The second-order valence-electron chi connectivity index (χ2n) is 7.63. The highest BCUT2D eigenvalue weighted by molar-refractivity contribution is 6.21. The van der Waals surface area contributed by atoms with E-state index >= 15 is 0 Å². The number of aliphatic hydroxyl groups excluding tert-OH is 1. The van der Waals surface area contributed by atoms with Crippen molar-refractivity contribution < 1.29 is 14.7 Å². The van der Waals surface area contributed by atoms with Crippen LogP contribution in [0.4, 0.5) is 0 Å². The van der Waals surface area contributed by atoms with Gasteiger partial charge in [0.05, 0.1) is 12.2 Å². The SMILES string of the molecule is C=CCON1CCC(C)(/C(O)=C(\C(C)=O)c2c(C)cc(C)cc2C)CC1. The van der Waals surface area contributed by atoms with E-state index in [9.17, 15) is 9.90 Å². The molecule has 0 atom stereocenters. The number of allylic oxidation sites excluding steroid dienone is 2. The minimum atomic E-state index is -0.432. The van der Waals surface area contributed by atoms with Crippen molar-refractivity contribution in [1.82, 2.24) is 5.06 Å². The fourth-order valence-electron chi connectivity index (χ4n) is 3.84. The molecule has 1 aliphatic rings. The normalized spacial score (nSPS) is 18.3. The molecule has 0 radical (unpaired) electrons. The summed E-state index contributed by atoms with van der Waals surface area (Å²) in [6.45, 7) is 15.2. The van der Waals surface area contributed by atoms with E-state index in [0.717, 1.165) is 35.1 Å². The van der Waals surface area contributed by atoms with E-state index in [1.54, 1.807) is 6.08 Å². The van der Waals surface area contributed by atoms with Gasteiger partial charge in [-0.2, -0.15) is 5.06 Å². The summed E-state index contributed by atoms with van der Waals surface area (Å²) in [4.78, 5) is 18.1. The lowest BCUT2D eigenvalue weighted by molar-refractivity contribution is -0.171. The van der Waals surface area contributed by atoms with Crippen LogP contribution in [0.25, 0.3) is 5.57 Å². The van der Waals surface area contributed by atoms with Crippen molar-refractivity contribution in [3.8, 4) is 0 Å². The lowest BCUT2D eigenvalue weighted by Crippen LogP contribution is -2.40. The average Bonchev–Trinajstić information content (AvgIpc) is 2.56. The highest BCUT2D eigenvalue weighted by Gasteiger charge is 2.37. The van der Waals surface area contributed by atoms with Crippen LogP contribution in [0, 0.1) is 26.2 Å². The first kappa shape index (κ1) is 20.4. The van der Waals surface area contributed by atoms with Crippen LogP contribution in [0.15, 0.2) is 30.5 Å². The summed E-state index contributed by atoms with van der Waals surface area (Å²) in [5, 5.41) is 13.1. The summed E-state index contributed by atoms with van der Waals surface area (Å²) in [6.07, 6.45) is 3.19. The molecular weight excluding hydrogens is 326 g/mol. The Kier molecular flexibility index (Phi) is 6.43. The maximum absolute atomic E-state index is 12.5. The van der Waals surface area contributed by atoms with Crippen LogP contribution in [-0.2, 0) is 9.63 Å². The maximum Gasteiger partial charge on any atom is 0.163 e. The number of carbonyl (C=O) groups excluding carboxylic acids is 1. The number of aliphatic hydroxyl groups is 1. The van der Waals surface area contributed by atoms with Gasteiger partial charge in [0.2, 0.25) is 0 Å². The van der Waals surface area contributed by atoms with Crippen LogP contribution in [0.2, 0.25) is 0 Å². The molecule has 2 rings (SSSR count). The van der Waals surface area contributed by atoms with Gasteiger partial charge in [-0.3, -0.25) is 9.63 Å². The van der Waals surface area contributed by atoms with E-state index in [2.05, 4.69) is 18.7 Å². The zero-order chi connectivity index (χ0) is 19.5. The van der Waals surface area contributed by atoms with Crippen LogP contribution in [0.3, 0.4) is 0 Å². The molecule has 1 saturated heterocycles. The predicted molar refractivity (Wildman–Crippen MR) is 106 cm³/mol. The molecule has 1 aliphatic heterocycles. The predicted octanol–water partition coefficient (Wildman–Crippen LogP) is 4.69. The summed E-state index contributed by atoms with van der Waals surface area (Å²) >= 11 is 0. The molecule has 26 heavy (non-hydrogen) atoms. The van der Waals surface area contributed by atoms with Crippen molar-refractivity contribution in [2.75, 3.05) is 19.7 Å². The van der Waals surface area contributed by atoms with Gasteiger partial charge < -0.3 is 5.11 Å². The minimum absolute atomic E-state index is 0.0934. The van der Waals surface area contributed by atoms with E-state index < -0.39 is 5.41 Å². The molecule has 142 valence electrons. The molecule has 0 bridgehead atoms. The summed E-state index contributed by atoms with van der Waals surface area (Å²) in [5.41, 5.74) is 4.10. The smallest absolute Gasteiger partial charge is 0.163 e. The van der Waals surface area contributed by atoms with Gasteiger partial charge in [0.25, 0.3) is 0 Å². The van der Waals surface area contributed by atoms with Crippen molar-refractivity contribution in [3.63, 3.8) is 0 Å². The Hall–Kier alpha value is -1.91. The van der Waals surface area contributed by atoms with E-state index in [1.165, 1.54) is 6.92 Å². The third-order valence-corrected chi connectivity index (χ3v) is 5.29. The Morgan fingerprint density at radius 3 is 2.27 bits per heavy atom. The molecule has 0 saturated carbocycles. The van der Waals surface area contributed by atoms with Crippen molar-refractivity contribution >= 4 is 11.4 Å². The fourth-order valence-corrected chi connectivity index (χ4v) is 3.84. The Labute approximate surface area is 157 Å². The number of piperidine rings is 1. The van der Waals surface area contributed by atoms with E-state index in [4.69, 9.17) is 4.84 Å². The topological polar surface area (TPSA) is 49.8 Å². The standard InChI is InChI=1S/C22H31NO3/c1-7-12-26-23-10-8-22(6,9-11-23)21(25)20(18(5)24)19-16(3)13-15(2)14-17(19)4/h7,13-14,25H,1,8-12H2,2-6H3/b21-20-. The summed E-state index contributed by atoms with van der Waals surface area (Å²) in [6, 6.07) is 4.12. The van der Waals surface area contributed by atoms with Crippen LogP contribution in [-0.4, -0.2) is 35.6 Å². The number of nitrogens with zero attached hydrogens (tertiary/aromatic N) is 1. The molecule has 0 aromatic heterocycles. The number of hydrogen-bond donors (Lipinski definition) is 1. The van der Waals surface area contributed by atoms with Gasteiger partial charge in [-0.05, 0) is 57.2 Å². The Bertz CT molecular complexity index is 702. The number of ketones is 1. The molecular formula is C22H31NO3. The number of Topliss-reactive ketones (excluding diaryl/α,β-unsaturated/α-hetero) is 1. The van der Waals surface area contributed by atoms with Crippen molar-refractivity contribution in [2.45, 2.75) is 47.5 Å². The van der Waals surface area contributed by atoms with Crippen molar-refractivity contribution in [2.24, 2.45) is 5.41 Å². The van der Waals surface area contributed by atoms with Crippen LogP contribution < -0.4 is 0 Å². The number of carbonyl (C=O) groups is 1. The second kappa shape index (κ2) is 8.19. The largest absolute Gasteiger partial charge is 0.511 e. The van der Waals surface area contributed by atoms with Crippen LogP contribution in [0.1, 0.15) is 48.9 Å². The van der Waals surface area contributed by atoms with Crippen LogP contribution in [0.5, 0.6) is 0 Å². The van der Waals surface area contributed by atoms with Crippen molar-refractivity contribution in [1.29, 1.82) is 0 Å². The van der Waals surface area contributed by atoms with Gasteiger partial charge in [0.15, 0.2) is 5.78 Å². The first-order chi connectivity index (χ1) is 12.2. The number of hydrogen-bond acceptors (Lipinski definition) is 4. The Morgan fingerprint density at radius 1 is 1.27 bits per heavy atom. The fraction of sp³-hybridized carbons (Fsp3) is 0.500. The summed E-state index contributed by atoms with van der Waals surface area (Å²) < 4.78 is 0. The third kappa shape index (κ3) is 4.25. The van der Waals surface area contributed by atoms with Gasteiger partial charge in [0.1, 0.15) is 5.76 Å². The van der Waals surface area contributed by atoms with Gasteiger partial charge >= 0.3 is 0 Å². The van der Waals surface area contributed by atoms with E-state index in [0.29, 0.717) is 25.3 Å². The zero-order valence-corrected chi connectivity index (χ0v) is 16.7. The second-order valence-corrected chi connectivity index (χ2v) is 7.63. The molecule has 1 fully saturated rings. The van der Waals surface area contributed by atoms with Gasteiger partial charge in [-0.25, -0.2) is 0 Å². The minimum Gasteiger partial charge on any atom is -0.511 e. The van der Waals surface area contributed by atoms with Crippen LogP contribution >= 0.6 is 0 Å². The zero-order valence-electron chi connectivity index (χ0n) is 16.7. The lowest BCUT2D eigenvalue weighted by atomic mass is 9.75. The number of benzene rings is 1. The molecule has 0 unspecified atom stereocenters. The first-order valence-corrected chi connectivity index (χ1v) is 9.21. The third-order valence-electron chi connectivity index (χ3n) is 5.29. The molecule has 4 heteroatoms. The van der Waals surface area contributed by atoms with Crippen molar-refractivity contribution in [3.05, 3.63) is 52.8 Å². The highest BCUT2D eigenvalue weighted by atomic mass is 16.7. The Balaban J connectivity index is 2.41. The van der Waals surface area contributed by atoms with E-state index in [-0.39, 0.29) is 11.5 Å². The van der Waals surface area contributed by atoms with Gasteiger partial charge in [-0.15, -0.1) is 6.58 Å². The number of hydroxylamine groups is 2. The number of aryl methyl sites for hydroxylation is 3. The molecule has 1 aromatic carbocycles. The molecule has 0 amide bonds. The van der Waals surface area contributed by atoms with E-state index in [1.807, 2.05) is 32.8 Å². The summed E-state index contributed by atoms with van der Waals surface area (Å²) in [5.74, 6) is 0.118. The van der Waals surface area contributed by atoms with Gasteiger partial charge in [0, 0.05) is 18.5 Å². The molecule has 1 heterocycles. The summed E-state index contributed by atoms with van der Waals surface area (Å²) in [7, 11) is 0. The molecule has 0 spiro atoms. The number of rotatable bonds is 6. The average molecular weight is 357 g/mol.